The predicted octanol–water partition coefficient (Wildman–Crippen LogP) is 2.62. The lowest BCUT2D eigenvalue weighted by atomic mass is 10.2. The van der Waals surface area contributed by atoms with Crippen LogP contribution in [-0.2, 0) is 4.84 Å². The van der Waals surface area contributed by atoms with Crippen molar-refractivity contribution in [3.63, 3.8) is 0 Å². The van der Waals surface area contributed by atoms with E-state index in [4.69, 9.17) is 10.1 Å². The van der Waals surface area contributed by atoms with Crippen molar-refractivity contribution in [2.45, 2.75) is 6.42 Å². The zero-order chi connectivity index (χ0) is 10.8. The van der Waals surface area contributed by atoms with E-state index in [1.165, 1.54) is 0 Å². The van der Waals surface area contributed by atoms with E-state index < -0.39 is 0 Å². The third-order valence-corrected chi connectivity index (χ3v) is 1.61. The summed E-state index contributed by atoms with van der Waals surface area (Å²) in [5.41, 5.74) is 1.11. The molecule has 76 valence electrons. The van der Waals surface area contributed by atoms with Crippen LogP contribution in [0.25, 0.3) is 6.08 Å². The summed E-state index contributed by atoms with van der Waals surface area (Å²) < 4.78 is 0. The SMILES string of the molecule is N#CCCO/N=C/C=C/c1ccccc1. The molecule has 0 radical (unpaired) electrons. The van der Waals surface area contributed by atoms with Gasteiger partial charge in [-0.05, 0) is 11.6 Å². The fraction of sp³-hybridized carbons (Fsp3) is 0.167. The van der Waals surface area contributed by atoms with Gasteiger partial charge < -0.3 is 4.84 Å². The van der Waals surface area contributed by atoms with Crippen LogP contribution in [0, 0.1) is 11.3 Å². The molecule has 0 fully saturated rings. The largest absolute Gasteiger partial charge is 0.395 e. The monoisotopic (exact) mass is 200 g/mol. The van der Waals surface area contributed by atoms with Gasteiger partial charge in [0.05, 0.1) is 18.7 Å². The summed E-state index contributed by atoms with van der Waals surface area (Å²) in [7, 11) is 0. The topological polar surface area (TPSA) is 45.4 Å². The molecule has 0 aromatic heterocycles. The zero-order valence-corrected chi connectivity index (χ0v) is 8.34. The molecule has 3 nitrogen and oxygen atoms in total. The minimum absolute atomic E-state index is 0.339. The maximum Gasteiger partial charge on any atom is 0.130 e. The second kappa shape index (κ2) is 7.34. The molecule has 0 aliphatic carbocycles. The Bertz CT molecular complexity index is 363. The third-order valence-electron chi connectivity index (χ3n) is 1.61. The van der Waals surface area contributed by atoms with Gasteiger partial charge in [0, 0.05) is 0 Å². The fourth-order valence-corrected chi connectivity index (χ4v) is 0.940. The highest BCUT2D eigenvalue weighted by Gasteiger charge is 1.81. The van der Waals surface area contributed by atoms with Gasteiger partial charge in [-0.15, -0.1) is 0 Å². The molecule has 0 bridgehead atoms. The highest BCUT2D eigenvalue weighted by atomic mass is 16.6. The van der Waals surface area contributed by atoms with Crippen LogP contribution in [0.2, 0.25) is 0 Å². The predicted molar refractivity (Wildman–Crippen MR) is 60.2 cm³/mol. The summed E-state index contributed by atoms with van der Waals surface area (Å²) in [6.07, 6.45) is 5.64. The molecule has 0 heterocycles. The van der Waals surface area contributed by atoms with E-state index in [-0.39, 0.29) is 0 Å². The molecule has 15 heavy (non-hydrogen) atoms. The number of allylic oxidation sites excluding steroid dienone is 1. The molecule has 0 spiro atoms. The number of benzene rings is 1. The molecule has 1 aromatic carbocycles. The van der Waals surface area contributed by atoms with Gasteiger partial charge in [0.15, 0.2) is 0 Å². The molecule has 1 aromatic rings. The van der Waals surface area contributed by atoms with Gasteiger partial charge in [-0.3, -0.25) is 0 Å². The Labute approximate surface area is 89.3 Å². The first-order valence-corrected chi connectivity index (χ1v) is 4.67. The Morgan fingerprint density at radius 3 is 2.87 bits per heavy atom. The lowest BCUT2D eigenvalue weighted by molar-refractivity contribution is 0.152. The highest BCUT2D eigenvalue weighted by molar-refractivity contribution is 5.77. The molecular weight excluding hydrogens is 188 g/mol. The Hall–Kier alpha value is -2.08. The van der Waals surface area contributed by atoms with Crippen LogP contribution in [0.5, 0.6) is 0 Å². The van der Waals surface area contributed by atoms with E-state index in [2.05, 4.69) is 5.16 Å². The van der Waals surface area contributed by atoms with Gasteiger partial charge in [-0.1, -0.05) is 41.6 Å². The van der Waals surface area contributed by atoms with Crippen LogP contribution in [0.3, 0.4) is 0 Å². The number of nitrogens with zero attached hydrogens (tertiary/aromatic N) is 2. The number of nitriles is 1. The molecule has 0 N–H and O–H groups in total. The maximum atomic E-state index is 8.22. The average Bonchev–Trinajstić information content (AvgIpc) is 2.29. The maximum absolute atomic E-state index is 8.22. The van der Waals surface area contributed by atoms with Crippen LogP contribution in [0.1, 0.15) is 12.0 Å². The fourth-order valence-electron chi connectivity index (χ4n) is 0.940. The number of rotatable bonds is 5. The lowest BCUT2D eigenvalue weighted by Gasteiger charge is -1.90. The molecule has 0 aliphatic heterocycles. The molecule has 0 aliphatic rings. The standard InChI is InChI=1S/C12H12N2O/c13-9-5-11-15-14-10-4-8-12-6-2-1-3-7-12/h1-4,6-8,10H,5,11H2/b8-4+,14-10+. The van der Waals surface area contributed by atoms with E-state index in [0.29, 0.717) is 13.0 Å². The van der Waals surface area contributed by atoms with Gasteiger partial charge in [0.2, 0.25) is 0 Å². The second-order valence-corrected chi connectivity index (χ2v) is 2.77. The molecule has 0 unspecified atom stereocenters. The van der Waals surface area contributed by atoms with E-state index in [0.717, 1.165) is 5.56 Å². The average molecular weight is 200 g/mol. The first-order chi connectivity index (χ1) is 7.43. The lowest BCUT2D eigenvalue weighted by Crippen LogP contribution is -1.84. The first kappa shape index (κ1) is 11.0. The number of hydrogen-bond donors (Lipinski definition) is 0. The molecule has 3 heteroatoms. The van der Waals surface area contributed by atoms with Gasteiger partial charge in [-0.2, -0.15) is 5.26 Å². The summed E-state index contributed by atoms with van der Waals surface area (Å²) in [6.45, 7) is 0.339. The smallest absolute Gasteiger partial charge is 0.130 e. The van der Waals surface area contributed by atoms with E-state index >= 15 is 0 Å². The van der Waals surface area contributed by atoms with Crippen LogP contribution in [0.15, 0.2) is 41.6 Å². The Balaban J connectivity index is 2.25. The summed E-state index contributed by atoms with van der Waals surface area (Å²) in [6, 6.07) is 11.9. The third kappa shape index (κ3) is 5.27. The summed E-state index contributed by atoms with van der Waals surface area (Å²) in [5, 5.41) is 11.9. The highest BCUT2D eigenvalue weighted by Crippen LogP contribution is 1.99. The van der Waals surface area contributed by atoms with E-state index in [1.54, 1.807) is 12.3 Å². The quantitative estimate of drug-likeness (QED) is 0.416. The first-order valence-electron chi connectivity index (χ1n) is 4.67. The van der Waals surface area contributed by atoms with Crippen molar-refractivity contribution in [1.82, 2.24) is 0 Å². The summed E-state index contributed by atoms with van der Waals surface area (Å²) >= 11 is 0. The van der Waals surface area contributed by atoms with Gasteiger partial charge >= 0.3 is 0 Å². The van der Waals surface area contributed by atoms with Crippen molar-refractivity contribution in [2.24, 2.45) is 5.16 Å². The van der Waals surface area contributed by atoms with Crippen molar-refractivity contribution in [3.05, 3.63) is 42.0 Å². The number of hydrogen-bond acceptors (Lipinski definition) is 3. The molecule has 0 amide bonds. The van der Waals surface area contributed by atoms with E-state index in [9.17, 15) is 0 Å². The van der Waals surface area contributed by atoms with Crippen LogP contribution in [-0.4, -0.2) is 12.8 Å². The normalized spacial score (nSPS) is 10.6. The Morgan fingerprint density at radius 1 is 1.33 bits per heavy atom. The molecular formula is C12H12N2O. The van der Waals surface area contributed by atoms with Crippen molar-refractivity contribution in [2.75, 3.05) is 6.61 Å². The van der Waals surface area contributed by atoms with Crippen LogP contribution >= 0.6 is 0 Å². The van der Waals surface area contributed by atoms with Crippen LogP contribution in [0.4, 0.5) is 0 Å². The minimum Gasteiger partial charge on any atom is -0.395 e. The van der Waals surface area contributed by atoms with Crippen molar-refractivity contribution in [3.8, 4) is 6.07 Å². The Kier molecular flexibility index (Phi) is 5.38. The number of oxime groups is 1. The van der Waals surface area contributed by atoms with Crippen LogP contribution < -0.4 is 0 Å². The van der Waals surface area contributed by atoms with Gasteiger partial charge in [-0.25, -0.2) is 0 Å². The van der Waals surface area contributed by atoms with Gasteiger partial charge in [0.25, 0.3) is 0 Å². The van der Waals surface area contributed by atoms with E-state index in [1.807, 2.05) is 42.5 Å². The molecule has 1 rings (SSSR count). The van der Waals surface area contributed by atoms with Gasteiger partial charge in [0.1, 0.15) is 6.61 Å². The van der Waals surface area contributed by atoms with Crippen molar-refractivity contribution >= 4 is 12.3 Å². The summed E-state index contributed by atoms with van der Waals surface area (Å²) in [4.78, 5) is 4.81. The van der Waals surface area contributed by atoms with Crippen molar-refractivity contribution in [1.29, 1.82) is 5.26 Å². The molecule has 0 saturated heterocycles. The minimum atomic E-state index is 0.339. The molecule has 0 atom stereocenters. The van der Waals surface area contributed by atoms with Crippen molar-refractivity contribution < 1.29 is 4.84 Å². The zero-order valence-electron chi connectivity index (χ0n) is 8.34. The second-order valence-electron chi connectivity index (χ2n) is 2.77. The Morgan fingerprint density at radius 2 is 2.13 bits per heavy atom. The summed E-state index contributed by atoms with van der Waals surface area (Å²) in [5.74, 6) is 0. The molecule has 0 saturated carbocycles.